The van der Waals surface area contributed by atoms with Crippen LogP contribution in [-0.4, -0.2) is 51.4 Å². The monoisotopic (exact) mass is 236 g/mol. The summed E-state index contributed by atoms with van der Waals surface area (Å²) in [4.78, 5) is 0. The SMILES string of the molecule is F.F.[KH].c1ccccc1.c1ccccc1. The van der Waals surface area contributed by atoms with Gasteiger partial charge in [-0.3, -0.25) is 9.41 Å². The Labute approximate surface area is 132 Å². The van der Waals surface area contributed by atoms with E-state index in [-0.39, 0.29) is 60.8 Å². The minimum atomic E-state index is 0. The molecule has 0 heterocycles. The molecule has 0 saturated carbocycles. The fourth-order valence-electron chi connectivity index (χ4n) is 0.770. The van der Waals surface area contributed by atoms with Crippen molar-refractivity contribution in [2.45, 2.75) is 0 Å². The molecule has 0 spiro atoms. The zero-order valence-corrected chi connectivity index (χ0v) is 7.74. The molecule has 0 saturated heterocycles. The Bertz CT molecular complexity index is 189. The van der Waals surface area contributed by atoms with Crippen molar-refractivity contribution in [1.29, 1.82) is 0 Å². The van der Waals surface area contributed by atoms with Crippen LogP contribution in [0.3, 0.4) is 0 Å². The normalized spacial score (nSPS) is 6.40. The first-order chi connectivity index (χ1) is 6.00. The molecule has 0 nitrogen and oxygen atoms in total. The minimum Gasteiger partial charge on any atom is -0.0623 e. The van der Waals surface area contributed by atoms with E-state index in [0.29, 0.717) is 0 Å². The second-order valence-corrected chi connectivity index (χ2v) is 2.31. The third-order valence-corrected chi connectivity index (χ3v) is 1.33. The van der Waals surface area contributed by atoms with Crippen LogP contribution in [0.15, 0.2) is 72.8 Å². The van der Waals surface area contributed by atoms with Gasteiger partial charge in [0.25, 0.3) is 0 Å². The molecule has 0 fully saturated rings. The summed E-state index contributed by atoms with van der Waals surface area (Å²) in [7, 11) is 0. The van der Waals surface area contributed by atoms with Crippen LogP contribution in [0, 0.1) is 0 Å². The van der Waals surface area contributed by atoms with Crippen molar-refractivity contribution in [2.24, 2.45) is 0 Å². The molecule has 0 radical (unpaired) electrons. The van der Waals surface area contributed by atoms with Gasteiger partial charge in [-0.2, -0.15) is 0 Å². The molecule has 78 valence electrons. The average molecular weight is 236 g/mol. The van der Waals surface area contributed by atoms with Crippen molar-refractivity contribution in [3.63, 3.8) is 0 Å². The van der Waals surface area contributed by atoms with E-state index in [1.807, 2.05) is 72.8 Å². The van der Waals surface area contributed by atoms with Gasteiger partial charge < -0.3 is 0 Å². The van der Waals surface area contributed by atoms with Gasteiger partial charge in [0.15, 0.2) is 0 Å². The van der Waals surface area contributed by atoms with Crippen molar-refractivity contribution in [2.75, 3.05) is 0 Å². The molecule has 0 aliphatic carbocycles. The van der Waals surface area contributed by atoms with E-state index in [1.54, 1.807) is 0 Å². The van der Waals surface area contributed by atoms with Gasteiger partial charge in [-0.1, -0.05) is 72.8 Å². The second kappa shape index (κ2) is 16.4. The van der Waals surface area contributed by atoms with Crippen molar-refractivity contribution in [3.05, 3.63) is 72.8 Å². The first-order valence-corrected chi connectivity index (χ1v) is 4.00. The van der Waals surface area contributed by atoms with Crippen molar-refractivity contribution >= 4 is 51.4 Å². The van der Waals surface area contributed by atoms with Crippen LogP contribution in [0.2, 0.25) is 0 Å². The van der Waals surface area contributed by atoms with Crippen LogP contribution < -0.4 is 0 Å². The first-order valence-electron chi connectivity index (χ1n) is 4.00. The Balaban J connectivity index is -0.000000160. The number of hydrogen-bond donors (Lipinski definition) is 0. The summed E-state index contributed by atoms with van der Waals surface area (Å²) in [6.07, 6.45) is 0. The van der Waals surface area contributed by atoms with Crippen LogP contribution in [0.4, 0.5) is 9.41 Å². The maximum Gasteiger partial charge on any atom is -0.0623 e. The second-order valence-electron chi connectivity index (χ2n) is 2.31. The summed E-state index contributed by atoms with van der Waals surface area (Å²) in [6, 6.07) is 24.0. The molecule has 2 aromatic rings. The van der Waals surface area contributed by atoms with E-state index in [9.17, 15) is 0 Å². The van der Waals surface area contributed by atoms with Gasteiger partial charge in [0.05, 0.1) is 0 Å². The summed E-state index contributed by atoms with van der Waals surface area (Å²) in [5.74, 6) is 0. The van der Waals surface area contributed by atoms with Crippen LogP contribution in [0.5, 0.6) is 0 Å². The standard InChI is InChI=1S/2C6H6.2FH.K.H/c2*1-2-4-6-5-3-1;;;;/h2*1-6H;2*1H;;. The summed E-state index contributed by atoms with van der Waals surface area (Å²) < 4.78 is 0. The molecule has 0 aliphatic heterocycles. The summed E-state index contributed by atoms with van der Waals surface area (Å²) >= 11 is 0. The fraction of sp³-hybridized carbons (Fsp3) is 0. The van der Waals surface area contributed by atoms with E-state index in [2.05, 4.69) is 0 Å². The number of rotatable bonds is 0. The third-order valence-electron chi connectivity index (χ3n) is 1.33. The molecule has 0 aliphatic rings. The Morgan fingerprint density at radius 1 is 0.267 bits per heavy atom. The van der Waals surface area contributed by atoms with Crippen molar-refractivity contribution in [1.82, 2.24) is 0 Å². The van der Waals surface area contributed by atoms with E-state index in [4.69, 9.17) is 0 Å². The van der Waals surface area contributed by atoms with Crippen molar-refractivity contribution < 1.29 is 9.41 Å². The molecule has 15 heavy (non-hydrogen) atoms. The van der Waals surface area contributed by atoms with E-state index < -0.39 is 0 Å². The molecule has 3 heteroatoms. The molecular weight excluding hydrogens is 221 g/mol. The van der Waals surface area contributed by atoms with Crippen LogP contribution in [0.25, 0.3) is 0 Å². The van der Waals surface area contributed by atoms with E-state index >= 15 is 0 Å². The zero-order valence-electron chi connectivity index (χ0n) is 7.74. The molecule has 2 rings (SSSR count). The molecule has 0 unspecified atom stereocenters. The molecule has 0 atom stereocenters. The predicted octanol–water partition coefficient (Wildman–Crippen LogP) is 3.03. The molecule has 0 bridgehead atoms. The van der Waals surface area contributed by atoms with E-state index in [0.717, 1.165) is 0 Å². The van der Waals surface area contributed by atoms with Crippen LogP contribution >= 0.6 is 0 Å². The number of benzene rings is 2. The van der Waals surface area contributed by atoms with Gasteiger partial charge >= 0.3 is 51.4 Å². The zero-order chi connectivity index (χ0) is 8.49. The quantitative estimate of drug-likeness (QED) is 0.617. The maximum absolute atomic E-state index is 2.00. The smallest absolute Gasteiger partial charge is 0.0623 e. The molecule has 0 N–H and O–H groups in total. The summed E-state index contributed by atoms with van der Waals surface area (Å²) in [6.45, 7) is 0. The van der Waals surface area contributed by atoms with Gasteiger partial charge in [0.1, 0.15) is 0 Å². The van der Waals surface area contributed by atoms with E-state index in [1.165, 1.54) is 0 Å². The van der Waals surface area contributed by atoms with Gasteiger partial charge in [0, 0.05) is 0 Å². The Kier molecular flexibility index (Phi) is 22.2. The molecule has 0 aromatic heterocycles. The van der Waals surface area contributed by atoms with Gasteiger partial charge in [-0.15, -0.1) is 0 Å². The molecular formula is C12H15F2K. The predicted molar refractivity (Wildman–Crippen MR) is 65.0 cm³/mol. The Morgan fingerprint density at radius 3 is 0.400 bits per heavy atom. The molecule has 2 aromatic carbocycles. The van der Waals surface area contributed by atoms with Gasteiger partial charge in [-0.25, -0.2) is 0 Å². The number of halogens is 2. The Hall–Kier alpha value is -0.0636. The minimum absolute atomic E-state index is 0. The summed E-state index contributed by atoms with van der Waals surface area (Å²) in [5.41, 5.74) is 0. The largest absolute Gasteiger partial charge is 0.0623 e. The number of hydrogen-bond acceptors (Lipinski definition) is 0. The first kappa shape index (κ1) is 20.4. The average Bonchev–Trinajstić information content (AvgIpc) is 2.24. The molecule has 0 amide bonds. The Morgan fingerprint density at radius 2 is 0.333 bits per heavy atom. The summed E-state index contributed by atoms with van der Waals surface area (Å²) in [5, 5.41) is 0. The van der Waals surface area contributed by atoms with Crippen LogP contribution in [-0.2, 0) is 0 Å². The maximum atomic E-state index is 2.00. The van der Waals surface area contributed by atoms with Gasteiger partial charge in [-0.05, 0) is 0 Å². The fourth-order valence-corrected chi connectivity index (χ4v) is 0.770. The van der Waals surface area contributed by atoms with Crippen molar-refractivity contribution in [3.8, 4) is 0 Å². The topological polar surface area (TPSA) is 0 Å². The third kappa shape index (κ3) is 13.9. The van der Waals surface area contributed by atoms with Gasteiger partial charge in [0.2, 0.25) is 0 Å². The van der Waals surface area contributed by atoms with Crippen LogP contribution in [0.1, 0.15) is 0 Å².